The monoisotopic (exact) mass is 511 g/mol. The third kappa shape index (κ3) is 7.46. The van der Waals surface area contributed by atoms with E-state index in [1.807, 2.05) is 24.3 Å². The number of likely N-dealkylation sites (tertiary alicyclic amines) is 2. The molecule has 5 rings (SSSR count). The van der Waals surface area contributed by atoms with Crippen LogP contribution in [0.3, 0.4) is 0 Å². The minimum Gasteiger partial charge on any atom is -0.489 e. The summed E-state index contributed by atoms with van der Waals surface area (Å²) >= 11 is 0. The molecule has 2 fully saturated rings. The molecule has 5 nitrogen and oxygen atoms in total. The lowest BCUT2D eigenvalue weighted by molar-refractivity contribution is 0.0860. The highest BCUT2D eigenvalue weighted by atomic mass is 16.5. The van der Waals surface area contributed by atoms with E-state index in [0.29, 0.717) is 18.0 Å². The van der Waals surface area contributed by atoms with E-state index in [1.54, 1.807) is 0 Å². The molecule has 1 amide bonds. The average Bonchev–Trinajstić information content (AvgIpc) is 2.98. The molecule has 0 bridgehead atoms. The second-order valence-electron chi connectivity index (χ2n) is 10.7. The van der Waals surface area contributed by atoms with Gasteiger partial charge in [0.1, 0.15) is 11.9 Å². The van der Waals surface area contributed by atoms with Gasteiger partial charge in [-0.3, -0.25) is 9.69 Å². The van der Waals surface area contributed by atoms with Gasteiger partial charge in [0.05, 0.1) is 0 Å². The molecule has 3 aromatic rings. The second-order valence-corrected chi connectivity index (χ2v) is 10.7. The molecule has 2 aliphatic heterocycles. The van der Waals surface area contributed by atoms with Crippen molar-refractivity contribution in [3.8, 4) is 5.75 Å². The smallest absolute Gasteiger partial charge is 0.251 e. The zero-order chi connectivity index (χ0) is 26.0. The van der Waals surface area contributed by atoms with Crippen molar-refractivity contribution in [3.05, 3.63) is 102 Å². The van der Waals surface area contributed by atoms with E-state index in [2.05, 4.69) is 75.8 Å². The molecule has 200 valence electrons. The lowest BCUT2D eigenvalue weighted by Crippen LogP contribution is -2.43. The van der Waals surface area contributed by atoms with Gasteiger partial charge in [0.15, 0.2) is 0 Å². The Balaban J connectivity index is 1.16. The van der Waals surface area contributed by atoms with Crippen LogP contribution in [0, 0.1) is 0 Å². The number of carbonyl (C=O) groups is 1. The van der Waals surface area contributed by atoms with Gasteiger partial charge >= 0.3 is 0 Å². The summed E-state index contributed by atoms with van der Waals surface area (Å²) in [5.41, 5.74) is 3.36. The fourth-order valence-corrected chi connectivity index (χ4v) is 5.82. The molecule has 1 unspecified atom stereocenters. The van der Waals surface area contributed by atoms with Crippen molar-refractivity contribution in [2.75, 3.05) is 45.8 Å². The normalized spacial score (nSPS) is 18.8. The van der Waals surface area contributed by atoms with E-state index in [0.717, 1.165) is 57.9 Å². The first-order chi connectivity index (χ1) is 18.7. The number of nitrogens with one attached hydrogen (secondary N) is 1. The van der Waals surface area contributed by atoms with Gasteiger partial charge in [0.25, 0.3) is 5.91 Å². The Morgan fingerprint density at radius 2 is 1.50 bits per heavy atom. The highest BCUT2D eigenvalue weighted by molar-refractivity contribution is 5.94. The van der Waals surface area contributed by atoms with Crippen LogP contribution >= 0.6 is 0 Å². The molecule has 1 N–H and O–H groups in total. The molecule has 2 aliphatic rings. The third-order valence-corrected chi connectivity index (χ3v) is 7.87. The van der Waals surface area contributed by atoms with Crippen LogP contribution in [-0.2, 0) is 0 Å². The van der Waals surface area contributed by atoms with E-state index in [4.69, 9.17) is 4.74 Å². The van der Waals surface area contributed by atoms with Crippen molar-refractivity contribution in [2.45, 2.75) is 44.1 Å². The Morgan fingerprint density at radius 1 is 0.816 bits per heavy atom. The van der Waals surface area contributed by atoms with Crippen molar-refractivity contribution >= 4 is 5.91 Å². The van der Waals surface area contributed by atoms with Crippen LogP contribution in [0.5, 0.6) is 5.75 Å². The summed E-state index contributed by atoms with van der Waals surface area (Å²) in [5.74, 6) is 1.09. The van der Waals surface area contributed by atoms with Gasteiger partial charge in [0.2, 0.25) is 0 Å². The second kappa shape index (κ2) is 13.6. The van der Waals surface area contributed by atoms with Gasteiger partial charge in [-0.25, -0.2) is 0 Å². The lowest BCUT2D eigenvalue weighted by atomic mass is 9.90. The molecule has 0 spiro atoms. The molecule has 0 aromatic heterocycles. The van der Waals surface area contributed by atoms with Crippen LogP contribution in [-0.4, -0.2) is 67.6 Å². The Hall–Kier alpha value is -3.15. The quantitative estimate of drug-likeness (QED) is 0.386. The zero-order valence-electron chi connectivity index (χ0n) is 22.4. The first kappa shape index (κ1) is 26.5. The predicted molar refractivity (Wildman–Crippen MR) is 154 cm³/mol. The number of amides is 1. The maximum Gasteiger partial charge on any atom is 0.251 e. The van der Waals surface area contributed by atoms with E-state index in [9.17, 15) is 4.79 Å². The van der Waals surface area contributed by atoms with Gasteiger partial charge in [-0.2, -0.15) is 0 Å². The number of rotatable bonds is 10. The van der Waals surface area contributed by atoms with Crippen LogP contribution in [0.25, 0.3) is 0 Å². The zero-order valence-corrected chi connectivity index (χ0v) is 22.4. The fourth-order valence-electron chi connectivity index (χ4n) is 5.82. The highest BCUT2D eigenvalue weighted by Gasteiger charge is 2.25. The number of ether oxygens (including phenoxy) is 1. The highest BCUT2D eigenvalue weighted by Crippen LogP contribution is 2.28. The van der Waals surface area contributed by atoms with E-state index in [1.165, 1.54) is 30.4 Å². The molecule has 1 atom stereocenters. The van der Waals surface area contributed by atoms with Gasteiger partial charge in [-0.05, 0) is 74.6 Å². The van der Waals surface area contributed by atoms with Gasteiger partial charge < -0.3 is 15.0 Å². The van der Waals surface area contributed by atoms with E-state index >= 15 is 0 Å². The fraction of sp³-hybridized carbons (Fsp3) is 0.424. The summed E-state index contributed by atoms with van der Waals surface area (Å²) in [5, 5.41) is 3.09. The number of carbonyl (C=O) groups excluding carboxylic acids is 1. The largest absolute Gasteiger partial charge is 0.489 e. The van der Waals surface area contributed by atoms with Crippen molar-refractivity contribution in [1.29, 1.82) is 0 Å². The molecule has 0 aliphatic carbocycles. The molecule has 0 radical (unpaired) electrons. The van der Waals surface area contributed by atoms with Crippen LogP contribution < -0.4 is 10.1 Å². The number of benzene rings is 3. The topological polar surface area (TPSA) is 44.8 Å². The van der Waals surface area contributed by atoms with Gasteiger partial charge in [-0.1, -0.05) is 73.2 Å². The summed E-state index contributed by atoms with van der Waals surface area (Å²) in [6, 6.07) is 29.3. The average molecular weight is 512 g/mol. The molecular weight excluding hydrogens is 470 g/mol. The summed E-state index contributed by atoms with van der Waals surface area (Å²) in [4.78, 5) is 17.8. The van der Waals surface area contributed by atoms with E-state index < -0.39 is 0 Å². The van der Waals surface area contributed by atoms with Gasteiger partial charge in [-0.15, -0.1) is 0 Å². The Labute approximate surface area is 227 Å². The Bertz CT molecular complexity index is 1090. The van der Waals surface area contributed by atoms with Crippen LogP contribution in [0.2, 0.25) is 0 Å². The molecule has 0 saturated carbocycles. The molecule has 3 aromatic carbocycles. The Kier molecular flexibility index (Phi) is 9.46. The number of piperidine rings is 2. The SMILES string of the molecule is O=C(NCCN1CCCCC1)c1cccc(OC2CCCN(CC(c3ccccc3)c3ccccc3)C2)c1. The minimum absolute atomic E-state index is 0.0219. The summed E-state index contributed by atoms with van der Waals surface area (Å²) < 4.78 is 6.44. The van der Waals surface area contributed by atoms with Crippen LogP contribution in [0.1, 0.15) is 59.5 Å². The summed E-state index contributed by atoms with van der Waals surface area (Å²) in [6.07, 6.45) is 6.13. The number of hydrogen-bond donors (Lipinski definition) is 1. The maximum absolute atomic E-state index is 12.8. The minimum atomic E-state index is -0.0219. The molecule has 38 heavy (non-hydrogen) atoms. The van der Waals surface area contributed by atoms with Crippen LogP contribution in [0.15, 0.2) is 84.9 Å². The van der Waals surface area contributed by atoms with Crippen molar-refractivity contribution in [3.63, 3.8) is 0 Å². The maximum atomic E-state index is 12.8. The lowest BCUT2D eigenvalue weighted by Gasteiger charge is -2.35. The predicted octanol–water partition coefficient (Wildman–Crippen LogP) is 5.58. The summed E-state index contributed by atoms with van der Waals surface area (Å²) in [6.45, 7) is 6.84. The molecule has 5 heteroatoms. The third-order valence-electron chi connectivity index (χ3n) is 7.87. The van der Waals surface area contributed by atoms with Crippen molar-refractivity contribution < 1.29 is 9.53 Å². The van der Waals surface area contributed by atoms with Crippen molar-refractivity contribution in [2.24, 2.45) is 0 Å². The van der Waals surface area contributed by atoms with Gasteiger partial charge in [0, 0.05) is 37.7 Å². The molecule has 2 saturated heterocycles. The van der Waals surface area contributed by atoms with E-state index in [-0.39, 0.29) is 12.0 Å². The summed E-state index contributed by atoms with van der Waals surface area (Å²) in [7, 11) is 0. The number of hydrogen-bond acceptors (Lipinski definition) is 4. The van der Waals surface area contributed by atoms with Crippen LogP contribution in [0.4, 0.5) is 0 Å². The first-order valence-electron chi connectivity index (χ1n) is 14.3. The number of nitrogens with zero attached hydrogens (tertiary/aromatic N) is 2. The first-order valence-corrected chi connectivity index (χ1v) is 14.3. The molecular formula is C33H41N3O2. The standard InChI is InChI=1S/C33H41N3O2/c37-33(34-19-23-35-20-8-3-9-21-35)29-16-10-17-30(24-29)38-31-18-11-22-36(25-31)26-32(27-12-4-1-5-13-27)28-14-6-2-7-15-28/h1-2,4-7,10,12-17,24,31-32H,3,8-9,11,18-23,25-26H2,(H,34,37). The van der Waals surface area contributed by atoms with Crippen molar-refractivity contribution in [1.82, 2.24) is 15.1 Å². The molecule has 2 heterocycles. The Morgan fingerprint density at radius 3 is 2.21 bits per heavy atom.